The molecule has 0 saturated heterocycles. The number of hydrogen-bond donors (Lipinski definition) is 2. The zero-order chi connectivity index (χ0) is 14.8. The van der Waals surface area contributed by atoms with Gasteiger partial charge < -0.3 is 10.6 Å². The van der Waals surface area contributed by atoms with Crippen molar-refractivity contribution in [3.05, 3.63) is 11.9 Å². The molecule has 1 aromatic heterocycles. The van der Waals surface area contributed by atoms with E-state index in [1.807, 2.05) is 11.8 Å². The van der Waals surface area contributed by atoms with Crippen molar-refractivity contribution in [1.29, 1.82) is 0 Å². The van der Waals surface area contributed by atoms with Gasteiger partial charge in [0.25, 0.3) is 0 Å². The van der Waals surface area contributed by atoms with Crippen LogP contribution in [0.2, 0.25) is 0 Å². The molecule has 114 valence electrons. The molecule has 5 heteroatoms. The van der Waals surface area contributed by atoms with E-state index in [1.165, 1.54) is 17.1 Å². The minimum absolute atomic E-state index is 0.439. The number of hydrogen-bond acceptors (Lipinski definition) is 5. The molecule has 1 heterocycles. The fourth-order valence-corrected chi connectivity index (χ4v) is 2.86. The molecule has 0 bridgehead atoms. The fourth-order valence-electron chi connectivity index (χ4n) is 2.05. The van der Waals surface area contributed by atoms with Crippen LogP contribution in [-0.2, 0) is 6.42 Å². The SMILES string of the molecule is CCCc1c(NCC)ncnc1NC(C)CCSCC. The number of rotatable bonds is 10. The smallest absolute Gasteiger partial charge is 0.134 e. The first-order valence-corrected chi connectivity index (χ1v) is 8.80. The Labute approximate surface area is 127 Å². The Morgan fingerprint density at radius 1 is 1.20 bits per heavy atom. The third kappa shape index (κ3) is 5.57. The van der Waals surface area contributed by atoms with Crippen LogP contribution in [0.4, 0.5) is 11.6 Å². The van der Waals surface area contributed by atoms with Crippen LogP contribution in [0.5, 0.6) is 0 Å². The first kappa shape index (κ1) is 17.1. The van der Waals surface area contributed by atoms with Gasteiger partial charge in [0.1, 0.15) is 18.0 Å². The summed E-state index contributed by atoms with van der Waals surface area (Å²) in [5.74, 6) is 4.35. The average Bonchev–Trinajstić information content (AvgIpc) is 2.43. The number of nitrogens with zero attached hydrogens (tertiary/aromatic N) is 2. The van der Waals surface area contributed by atoms with Crippen molar-refractivity contribution in [2.75, 3.05) is 28.7 Å². The Morgan fingerprint density at radius 3 is 2.60 bits per heavy atom. The van der Waals surface area contributed by atoms with Crippen molar-refractivity contribution in [3.8, 4) is 0 Å². The van der Waals surface area contributed by atoms with Gasteiger partial charge in [-0.15, -0.1) is 0 Å². The van der Waals surface area contributed by atoms with Gasteiger partial charge in [-0.3, -0.25) is 0 Å². The standard InChI is InChI=1S/C15H28N4S/c1-5-8-13-14(16-6-2)17-11-18-15(13)19-12(4)9-10-20-7-3/h11-12H,5-10H2,1-4H3,(H2,16,17,18,19). The van der Waals surface area contributed by atoms with Gasteiger partial charge in [0, 0.05) is 18.2 Å². The molecule has 1 atom stereocenters. The Balaban J connectivity index is 2.74. The van der Waals surface area contributed by atoms with Crippen molar-refractivity contribution in [1.82, 2.24) is 9.97 Å². The van der Waals surface area contributed by atoms with Gasteiger partial charge in [-0.25, -0.2) is 9.97 Å². The number of thioether (sulfide) groups is 1. The molecule has 4 nitrogen and oxygen atoms in total. The third-order valence-electron chi connectivity index (χ3n) is 3.07. The van der Waals surface area contributed by atoms with Crippen LogP contribution in [0.3, 0.4) is 0 Å². The van der Waals surface area contributed by atoms with E-state index < -0.39 is 0 Å². The molecule has 0 aliphatic carbocycles. The highest BCUT2D eigenvalue weighted by Crippen LogP contribution is 2.22. The molecule has 1 aromatic rings. The van der Waals surface area contributed by atoms with Crippen molar-refractivity contribution >= 4 is 23.4 Å². The van der Waals surface area contributed by atoms with E-state index in [0.29, 0.717) is 6.04 Å². The van der Waals surface area contributed by atoms with Crippen molar-refractivity contribution in [2.45, 2.75) is 53.0 Å². The molecule has 20 heavy (non-hydrogen) atoms. The third-order valence-corrected chi connectivity index (χ3v) is 4.00. The van der Waals surface area contributed by atoms with Crippen molar-refractivity contribution in [2.24, 2.45) is 0 Å². The molecule has 2 N–H and O–H groups in total. The molecule has 0 fully saturated rings. The maximum Gasteiger partial charge on any atom is 0.134 e. The molecule has 0 aliphatic heterocycles. The summed E-state index contributed by atoms with van der Waals surface area (Å²) in [6.45, 7) is 9.59. The van der Waals surface area contributed by atoms with Crippen LogP contribution in [0.25, 0.3) is 0 Å². The van der Waals surface area contributed by atoms with E-state index in [0.717, 1.165) is 37.4 Å². The van der Waals surface area contributed by atoms with E-state index in [4.69, 9.17) is 0 Å². The van der Waals surface area contributed by atoms with Crippen LogP contribution in [0.15, 0.2) is 6.33 Å². The summed E-state index contributed by atoms with van der Waals surface area (Å²) in [5.41, 5.74) is 1.21. The van der Waals surface area contributed by atoms with Gasteiger partial charge >= 0.3 is 0 Å². The lowest BCUT2D eigenvalue weighted by Crippen LogP contribution is -2.19. The molecule has 0 aromatic carbocycles. The van der Waals surface area contributed by atoms with Gasteiger partial charge in [0.15, 0.2) is 0 Å². The predicted octanol–water partition coefficient (Wildman–Crippen LogP) is 3.80. The minimum atomic E-state index is 0.439. The second-order valence-electron chi connectivity index (χ2n) is 4.86. The Kier molecular flexibility index (Phi) is 8.42. The van der Waals surface area contributed by atoms with Gasteiger partial charge in [-0.1, -0.05) is 20.3 Å². The van der Waals surface area contributed by atoms with Crippen LogP contribution in [0, 0.1) is 0 Å². The number of aromatic nitrogens is 2. The summed E-state index contributed by atoms with van der Waals surface area (Å²) < 4.78 is 0. The normalized spacial score (nSPS) is 12.2. The second-order valence-corrected chi connectivity index (χ2v) is 6.25. The first-order valence-electron chi connectivity index (χ1n) is 7.64. The predicted molar refractivity (Wildman–Crippen MR) is 90.9 cm³/mol. The highest BCUT2D eigenvalue weighted by Gasteiger charge is 2.12. The van der Waals surface area contributed by atoms with Crippen LogP contribution in [0.1, 0.15) is 46.1 Å². The molecule has 1 rings (SSSR count). The topological polar surface area (TPSA) is 49.8 Å². The molecular formula is C15H28N4S. The van der Waals surface area contributed by atoms with Crippen LogP contribution >= 0.6 is 11.8 Å². The second kappa shape index (κ2) is 9.86. The summed E-state index contributed by atoms with van der Waals surface area (Å²) >= 11 is 1.99. The van der Waals surface area contributed by atoms with E-state index in [2.05, 4.69) is 48.3 Å². The summed E-state index contributed by atoms with van der Waals surface area (Å²) in [6.07, 6.45) is 4.90. The van der Waals surface area contributed by atoms with E-state index in [1.54, 1.807) is 6.33 Å². The molecule has 0 radical (unpaired) electrons. The van der Waals surface area contributed by atoms with E-state index in [9.17, 15) is 0 Å². The number of anilines is 2. The molecule has 0 saturated carbocycles. The zero-order valence-electron chi connectivity index (χ0n) is 13.2. The number of nitrogens with one attached hydrogen (secondary N) is 2. The zero-order valence-corrected chi connectivity index (χ0v) is 14.0. The molecule has 1 unspecified atom stereocenters. The summed E-state index contributed by atoms with van der Waals surface area (Å²) in [6, 6.07) is 0.439. The summed E-state index contributed by atoms with van der Waals surface area (Å²) in [5, 5.41) is 6.88. The largest absolute Gasteiger partial charge is 0.370 e. The highest BCUT2D eigenvalue weighted by atomic mass is 32.2. The van der Waals surface area contributed by atoms with E-state index >= 15 is 0 Å². The molecular weight excluding hydrogens is 268 g/mol. The highest BCUT2D eigenvalue weighted by molar-refractivity contribution is 7.99. The fraction of sp³-hybridized carbons (Fsp3) is 0.733. The lowest BCUT2D eigenvalue weighted by Gasteiger charge is -2.18. The van der Waals surface area contributed by atoms with Gasteiger partial charge in [-0.05, 0) is 38.2 Å². The maximum atomic E-state index is 4.44. The van der Waals surface area contributed by atoms with Crippen molar-refractivity contribution in [3.63, 3.8) is 0 Å². The Bertz CT molecular complexity index is 384. The first-order chi connectivity index (χ1) is 9.72. The van der Waals surface area contributed by atoms with Gasteiger partial charge in [0.05, 0.1) is 0 Å². The Morgan fingerprint density at radius 2 is 1.95 bits per heavy atom. The molecule has 0 spiro atoms. The summed E-state index contributed by atoms with van der Waals surface area (Å²) in [7, 11) is 0. The monoisotopic (exact) mass is 296 g/mol. The Hall–Kier alpha value is -0.970. The lowest BCUT2D eigenvalue weighted by atomic mass is 10.1. The van der Waals surface area contributed by atoms with Crippen LogP contribution < -0.4 is 10.6 Å². The maximum absolute atomic E-state index is 4.44. The average molecular weight is 296 g/mol. The van der Waals surface area contributed by atoms with Gasteiger partial charge in [-0.2, -0.15) is 11.8 Å². The molecule has 0 amide bonds. The van der Waals surface area contributed by atoms with Gasteiger partial charge in [0.2, 0.25) is 0 Å². The lowest BCUT2D eigenvalue weighted by molar-refractivity contribution is 0.760. The van der Waals surface area contributed by atoms with E-state index in [-0.39, 0.29) is 0 Å². The summed E-state index contributed by atoms with van der Waals surface area (Å²) in [4.78, 5) is 8.80. The minimum Gasteiger partial charge on any atom is -0.370 e. The van der Waals surface area contributed by atoms with Crippen molar-refractivity contribution < 1.29 is 0 Å². The van der Waals surface area contributed by atoms with Crippen LogP contribution in [-0.4, -0.2) is 34.1 Å². The quantitative estimate of drug-likeness (QED) is 0.643. The molecule has 0 aliphatic rings.